The van der Waals surface area contributed by atoms with Crippen LogP contribution in [0.25, 0.3) is 0 Å². The molecule has 34 heavy (non-hydrogen) atoms. The molecule has 0 aromatic heterocycles. The number of amides is 2. The molecule has 0 radical (unpaired) electrons. The lowest BCUT2D eigenvalue weighted by Gasteiger charge is -2.12. The maximum absolute atomic E-state index is 13.0. The van der Waals surface area contributed by atoms with Crippen molar-refractivity contribution < 1.29 is 9.59 Å². The first kappa shape index (κ1) is 25.0. The Morgan fingerprint density at radius 1 is 0.912 bits per heavy atom. The normalized spacial score (nSPS) is 18.3. The van der Waals surface area contributed by atoms with E-state index in [2.05, 4.69) is 10.6 Å². The van der Waals surface area contributed by atoms with Gasteiger partial charge in [-0.2, -0.15) is 0 Å². The fourth-order valence-corrected chi connectivity index (χ4v) is 5.41. The van der Waals surface area contributed by atoms with Crippen molar-refractivity contribution in [1.29, 1.82) is 0 Å². The predicted octanol–water partition coefficient (Wildman–Crippen LogP) is 7.32. The summed E-state index contributed by atoms with van der Waals surface area (Å²) in [7, 11) is 0. The highest BCUT2D eigenvalue weighted by Crippen LogP contribution is 2.65. The largest absolute Gasteiger partial charge is 0.399 e. The molecule has 1 aliphatic rings. The quantitative estimate of drug-likeness (QED) is 0.227. The SMILES string of the molecule is Cc1cc(N)ccc1NC(=O)c1cc(NC(=O)C2C(c3cc(Cl)cc(Cl)c3)C2(Cl)Cl)ccc1Cl. The first-order valence-corrected chi connectivity index (χ1v) is 12.0. The third-order valence-corrected chi connectivity index (χ3v) is 7.26. The zero-order chi connectivity index (χ0) is 24.8. The number of halogens is 5. The van der Waals surface area contributed by atoms with Gasteiger partial charge in [-0.3, -0.25) is 9.59 Å². The minimum atomic E-state index is -1.32. The van der Waals surface area contributed by atoms with Gasteiger partial charge in [-0.25, -0.2) is 0 Å². The molecule has 2 amide bonds. The third kappa shape index (κ3) is 5.09. The first-order valence-electron chi connectivity index (χ1n) is 10.1. The summed E-state index contributed by atoms with van der Waals surface area (Å²) in [6, 6.07) is 14.7. The number of nitrogens with one attached hydrogen (secondary N) is 2. The van der Waals surface area contributed by atoms with Gasteiger partial charge in [-0.05, 0) is 72.6 Å². The number of rotatable bonds is 5. The minimum Gasteiger partial charge on any atom is -0.399 e. The van der Waals surface area contributed by atoms with Crippen LogP contribution in [0, 0.1) is 12.8 Å². The summed E-state index contributed by atoms with van der Waals surface area (Å²) in [5, 5.41) is 6.63. The smallest absolute Gasteiger partial charge is 0.257 e. The van der Waals surface area contributed by atoms with Gasteiger partial charge in [0.25, 0.3) is 5.91 Å². The van der Waals surface area contributed by atoms with Gasteiger partial charge in [-0.15, -0.1) is 23.2 Å². The Kier molecular flexibility index (Phi) is 6.96. The lowest BCUT2D eigenvalue weighted by molar-refractivity contribution is -0.117. The standard InChI is InChI=1S/C24H18Cl5N3O2/c1-11-6-15(30)2-5-19(11)32-22(33)17-10-16(3-4-18(17)27)31-23(34)21-20(24(21,28)29)12-7-13(25)9-14(26)8-12/h2-10,20-21H,30H2,1H3,(H,31,34)(H,32,33). The van der Waals surface area contributed by atoms with Gasteiger partial charge < -0.3 is 16.4 Å². The van der Waals surface area contributed by atoms with Gasteiger partial charge in [0.15, 0.2) is 0 Å². The Hall–Kier alpha value is -2.15. The Labute approximate surface area is 221 Å². The van der Waals surface area contributed by atoms with Crippen LogP contribution in [0.2, 0.25) is 15.1 Å². The molecule has 0 saturated heterocycles. The number of aryl methyl sites for hydroxylation is 1. The molecule has 2 atom stereocenters. The lowest BCUT2D eigenvalue weighted by Crippen LogP contribution is -2.18. The topological polar surface area (TPSA) is 84.2 Å². The number of hydrogen-bond donors (Lipinski definition) is 3. The highest BCUT2D eigenvalue weighted by atomic mass is 35.5. The highest BCUT2D eigenvalue weighted by Gasteiger charge is 2.67. The van der Waals surface area contributed by atoms with Gasteiger partial charge in [0, 0.05) is 33.0 Å². The molecule has 1 aliphatic carbocycles. The maximum atomic E-state index is 13.0. The molecule has 0 spiro atoms. The second-order valence-electron chi connectivity index (χ2n) is 8.05. The number of carbonyl (C=O) groups excluding carboxylic acids is 2. The summed E-state index contributed by atoms with van der Waals surface area (Å²) < 4.78 is -1.32. The van der Waals surface area contributed by atoms with Crippen molar-refractivity contribution >= 4 is 86.9 Å². The number of anilines is 3. The third-order valence-electron chi connectivity index (χ3n) is 5.56. The van der Waals surface area contributed by atoms with Crippen LogP contribution in [0.1, 0.15) is 27.4 Å². The van der Waals surface area contributed by atoms with Crippen molar-refractivity contribution in [3.05, 3.63) is 86.4 Å². The summed E-state index contributed by atoms with van der Waals surface area (Å²) in [4.78, 5) is 25.8. The first-order chi connectivity index (χ1) is 16.0. The molecule has 5 nitrogen and oxygen atoms in total. The van der Waals surface area contributed by atoms with E-state index < -0.39 is 28.0 Å². The zero-order valence-electron chi connectivity index (χ0n) is 17.6. The second-order valence-corrected chi connectivity index (χ2v) is 10.8. The summed E-state index contributed by atoms with van der Waals surface area (Å²) >= 11 is 31.3. The van der Waals surface area contributed by atoms with Crippen molar-refractivity contribution in [2.24, 2.45) is 5.92 Å². The fraction of sp³-hybridized carbons (Fsp3) is 0.167. The average molecular weight is 558 g/mol. The van der Waals surface area contributed by atoms with Crippen LogP contribution in [-0.2, 0) is 4.79 Å². The van der Waals surface area contributed by atoms with Gasteiger partial charge in [-0.1, -0.05) is 34.8 Å². The number of nitrogens with two attached hydrogens (primary N) is 1. The van der Waals surface area contributed by atoms with Crippen LogP contribution in [-0.4, -0.2) is 16.1 Å². The Morgan fingerprint density at radius 2 is 1.59 bits per heavy atom. The van der Waals surface area contributed by atoms with E-state index in [4.69, 9.17) is 63.7 Å². The van der Waals surface area contributed by atoms with Gasteiger partial charge in [0.05, 0.1) is 16.5 Å². The van der Waals surface area contributed by atoms with Crippen molar-refractivity contribution in [3.63, 3.8) is 0 Å². The lowest BCUT2D eigenvalue weighted by atomic mass is 10.1. The maximum Gasteiger partial charge on any atom is 0.257 e. The van der Waals surface area contributed by atoms with Crippen LogP contribution in [0.3, 0.4) is 0 Å². The number of carbonyl (C=O) groups is 2. The molecule has 2 unspecified atom stereocenters. The molecule has 176 valence electrons. The van der Waals surface area contributed by atoms with Crippen molar-refractivity contribution in [2.45, 2.75) is 17.2 Å². The predicted molar refractivity (Wildman–Crippen MR) is 141 cm³/mol. The molecule has 3 aromatic rings. The molecule has 1 saturated carbocycles. The Morgan fingerprint density at radius 3 is 2.24 bits per heavy atom. The summed E-state index contributed by atoms with van der Waals surface area (Å²) in [6.07, 6.45) is 0. The molecular formula is C24H18Cl5N3O2. The molecule has 1 fully saturated rings. The van der Waals surface area contributed by atoms with Crippen LogP contribution >= 0.6 is 58.0 Å². The van der Waals surface area contributed by atoms with E-state index in [1.807, 2.05) is 6.92 Å². The molecule has 4 rings (SSSR count). The van der Waals surface area contributed by atoms with E-state index in [0.717, 1.165) is 5.56 Å². The fourth-order valence-electron chi connectivity index (χ4n) is 3.84. The number of alkyl halides is 2. The number of nitrogen functional groups attached to an aromatic ring is 1. The van der Waals surface area contributed by atoms with Crippen LogP contribution in [0.15, 0.2) is 54.6 Å². The molecule has 4 N–H and O–H groups in total. The molecule has 0 aliphatic heterocycles. The Bertz CT molecular complexity index is 1290. The number of benzene rings is 3. The molecule has 0 heterocycles. The van der Waals surface area contributed by atoms with Gasteiger partial charge >= 0.3 is 0 Å². The summed E-state index contributed by atoms with van der Waals surface area (Å²) in [6.45, 7) is 1.83. The second kappa shape index (κ2) is 9.48. The number of hydrogen-bond acceptors (Lipinski definition) is 3. The zero-order valence-corrected chi connectivity index (χ0v) is 21.4. The summed E-state index contributed by atoms with van der Waals surface area (Å²) in [5.41, 5.74) is 8.97. The van der Waals surface area contributed by atoms with Gasteiger partial charge in [0.2, 0.25) is 5.91 Å². The van der Waals surface area contributed by atoms with E-state index in [1.165, 1.54) is 12.1 Å². The van der Waals surface area contributed by atoms with Crippen molar-refractivity contribution in [3.8, 4) is 0 Å². The van der Waals surface area contributed by atoms with E-state index >= 15 is 0 Å². The van der Waals surface area contributed by atoms with Gasteiger partial charge in [0.1, 0.15) is 4.33 Å². The van der Waals surface area contributed by atoms with E-state index in [9.17, 15) is 9.59 Å². The highest BCUT2D eigenvalue weighted by molar-refractivity contribution is 6.53. The van der Waals surface area contributed by atoms with Crippen LogP contribution in [0.4, 0.5) is 17.1 Å². The molecule has 10 heteroatoms. The monoisotopic (exact) mass is 555 g/mol. The summed E-state index contributed by atoms with van der Waals surface area (Å²) in [5.74, 6) is -2.07. The van der Waals surface area contributed by atoms with E-state index in [-0.39, 0.29) is 10.6 Å². The van der Waals surface area contributed by atoms with E-state index in [0.29, 0.717) is 32.7 Å². The van der Waals surface area contributed by atoms with Crippen LogP contribution < -0.4 is 16.4 Å². The van der Waals surface area contributed by atoms with Crippen molar-refractivity contribution in [2.75, 3.05) is 16.4 Å². The molecule has 3 aromatic carbocycles. The average Bonchev–Trinajstić information content (AvgIpc) is 3.33. The molecule has 0 bridgehead atoms. The van der Waals surface area contributed by atoms with E-state index in [1.54, 1.807) is 42.5 Å². The minimum absolute atomic E-state index is 0.188. The van der Waals surface area contributed by atoms with Crippen molar-refractivity contribution in [1.82, 2.24) is 0 Å². The Balaban J connectivity index is 1.52. The van der Waals surface area contributed by atoms with Crippen LogP contribution in [0.5, 0.6) is 0 Å². The molecular weight excluding hydrogens is 540 g/mol.